The van der Waals surface area contributed by atoms with Crippen molar-refractivity contribution in [1.82, 2.24) is 4.98 Å². The highest BCUT2D eigenvalue weighted by Crippen LogP contribution is 2.31. The molecule has 0 spiro atoms. The molecule has 0 bridgehead atoms. The Balaban J connectivity index is 1.75. The molecule has 2 aromatic rings. The Bertz CT molecular complexity index is 711. The normalized spacial score (nSPS) is 17.8. The lowest BCUT2D eigenvalue weighted by atomic mass is 10.0. The minimum absolute atomic E-state index is 0.419. The van der Waals surface area contributed by atoms with Crippen LogP contribution in [-0.4, -0.2) is 37.6 Å². The lowest BCUT2D eigenvalue weighted by Gasteiger charge is -2.26. The van der Waals surface area contributed by atoms with E-state index in [4.69, 9.17) is 14.2 Å². The molecule has 0 amide bonds. The molecule has 1 N–H and O–H groups in total. The monoisotopic (exact) mass is 330 g/mol. The van der Waals surface area contributed by atoms with Gasteiger partial charge in [-0.3, -0.25) is 0 Å². The first-order chi connectivity index (χ1) is 11.5. The average Bonchev–Trinajstić information content (AvgIpc) is 2.98. The van der Waals surface area contributed by atoms with Crippen molar-refractivity contribution in [3.63, 3.8) is 0 Å². The zero-order valence-electron chi connectivity index (χ0n) is 14.9. The van der Waals surface area contributed by atoms with E-state index >= 15 is 0 Å². The van der Waals surface area contributed by atoms with Crippen molar-refractivity contribution in [3.05, 3.63) is 30.0 Å². The Labute approximate surface area is 143 Å². The number of aromatic nitrogens is 1. The standard InChI is InChI=1S/C19H26N2O3/c1-13(11-19(3)23-8-9-24-19)12-20-16-10-14(2)21-18-15(16)6-5-7-17(18)22-4/h5-7,10,13H,8-9,11-12H2,1-4H3,(H,20,21). The lowest BCUT2D eigenvalue weighted by molar-refractivity contribution is -0.153. The Kier molecular flexibility index (Phi) is 4.92. The van der Waals surface area contributed by atoms with E-state index in [1.807, 2.05) is 26.0 Å². The summed E-state index contributed by atoms with van der Waals surface area (Å²) in [4.78, 5) is 4.62. The molecule has 3 rings (SSSR count). The zero-order valence-corrected chi connectivity index (χ0v) is 14.9. The number of nitrogens with zero attached hydrogens (tertiary/aromatic N) is 1. The molecule has 0 radical (unpaired) electrons. The summed E-state index contributed by atoms with van der Waals surface area (Å²) >= 11 is 0. The van der Waals surface area contributed by atoms with Gasteiger partial charge in [-0.05, 0) is 31.9 Å². The van der Waals surface area contributed by atoms with Crippen LogP contribution in [0, 0.1) is 12.8 Å². The summed E-state index contributed by atoms with van der Waals surface area (Å²) in [6.07, 6.45) is 0.866. The van der Waals surface area contributed by atoms with Crippen LogP contribution < -0.4 is 10.1 Å². The molecule has 1 unspecified atom stereocenters. The molecular formula is C19H26N2O3. The number of pyridine rings is 1. The predicted octanol–water partition coefficient (Wildman–Crippen LogP) is 3.75. The van der Waals surface area contributed by atoms with Crippen molar-refractivity contribution in [3.8, 4) is 5.75 Å². The first-order valence-electron chi connectivity index (χ1n) is 8.47. The first-order valence-corrected chi connectivity index (χ1v) is 8.47. The third-order valence-corrected chi connectivity index (χ3v) is 4.41. The summed E-state index contributed by atoms with van der Waals surface area (Å²) in [5, 5.41) is 4.64. The Morgan fingerprint density at radius 3 is 2.79 bits per heavy atom. The van der Waals surface area contributed by atoms with E-state index in [0.29, 0.717) is 19.1 Å². The van der Waals surface area contributed by atoms with Gasteiger partial charge in [0, 0.05) is 29.7 Å². The molecule has 2 heterocycles. The molecule has 24 heavy (non-hydrogen) atoms. The summed E-state index contributed by atoms with van der Waals surface area (Å²) in [7, 11) is 1.68. The number of methoxy groups -OCH3 is 1. The molecule has 1 fully saturated rings. The molecule has 1 aliphatic heterocycles. The largest absolute Gasteiger partial charge is 0.494 e. The highest BCUT2D eigenvalue weighted by atomic mass is 16.7. The van der Waals surface area contributed by atoms with Gasteiger partial charge >= 0.3 is 0 Å². The van der Waals surface area contributed by atoms with Crippen LogP contribution in [0.5, 0.6) is 5.75 Å². The first kappa shape index (κ1) is 17.0. The van der Waals surface area contributed by atoms with E-state index < -0.39 is 5.79 Å². The number of fused-ring (bicyclic) bond motifs is 1. The maximum absolute atomic E-state index is 5.71. The fourth-order valence-electron chi connectivity index (χ4n) is 3.33. The zero-order chi connectivity index (χ0) is 17.2. The van der Waals surface area contributed by atoms with E-state index in [9.17, 15) is 0 Å². The number of nitrogens with one attached hydrogen (secondary N) is 1. The second-order valence-corrected chi connectivity index (χ2v) is 6.69. The number of hydrogen-bond donors (Lipinski definition) is 1. The molecule has 1 saturated heterocycles. The van der Waals surface area contributed by atoms with Gasteiger partial charge in [-0.15, -0.1) is 0 Å². The number of aryl methyl sites for hydroxylation is 1. The predicted molar refractivity (Wildman–Crippen MR) is 95.6 cm³/mol. The molecule has 1 aromatic carbocycles. The maximum atomic E-state index is 5.71. The number of anilines is 1. The minimum atomic E-state index is -0.444. The fraction of sp³-hybridized carbons (Fsp3) is 0.526. The van der Waals surface area contributed by atoms with Crippen molar-refractivity contribution >= 4 is 16.6 Å². The van der Waals surface area contributed by atoms with E-state index in [1.54, 1.807) is 7.11 Å². The van der Waals surface area contributed by atoms with Crippen molar-refractivity contribution in [2.24, 2.45) is 5.92 Å². The molecular weight excluding hydrogens is 304 g/mol. The number of benzene rings is 1. The smallest absolute Gasteiger partial charge is 0.166 e. The van der Waals surface area contributed by atoms with Crippen LogP contribution in [0.25, 0.3) is 10.9 Å². The Morgan fingerprint density at radius 2 is 2.08 bits per heavy atom. The second kappa shape index (κ2) is 6.95. The molecule has 0 aliphatic carbocycles. The summed E-state index contributed by atoms with van der Waals surface area (Å²) in [5.41, 5.74) is 2.95. The highest BCUT2D eigenvalue weighted by Gasteiger charge is 2.32. The van der Waals surface area contributed by atoms with Crippen LogP contribution in [0.15, 0.2) is 24.3 Å². The third-order valence-electron chi connectivity index (χ3n) is 4.41. The Morgan fingerprint density at radius 1 is 1.33 bits per heavy atom. The van der Waals surface area contributed by atoms with Crippen LogP contribution in [0.3, 0.4) is 0 Å². The van der Waals surface area contributed by atoms with Gasteiger partial charge < -0.3 is 19.5 Å². The number of rotatable bonds is 6. The number of para-hydroxylation sites is 1. The van der Waals surface area contributed by atoms with Crippen LogP contribution >= 0.6 is 0 Å². The van der Waals surface area contributed by atoms with E-state index in [-0.39, 0.29) is 0 Å². The van der Waals surface area contributed by atoms with Crippen LogP contribution in [0.4, 0.5) is 5.69 Å². The molecule has 0 saturated carbocycles. The Hall–Kier alpha value is -1.85. The average molecular weight is 330 g/mol. The quantitative estimate of drug-likeness (QED) is 0.874. The second-order valence-electron chi connectivity index (χ2n) is 6.69. The molecule has 5 heteroatoms. The van der Waals surface area contributed by atoms with Crippen LogP contribution in [0.1, 0.15) is 26.0 Å². The summed E-state index contributed by atoms with van der Waals surface area (Å²) in [6.45, 7) is 8.45. The van der Waals surface area contributed by atoms with E-state index in [2.05, 4.69) is 29.4 Å². The molecule has 1 aliphatic rings. The summed E-state index contributed by atoms with van der Waals surface area (Å²) in [5.74, 6) is 0.773. The van der Waals surface area contributed by atoms with Gasteiger partial charge in [0.05, 0.1) is 20.3 Å². The van der Waals surface area contributed by atoms with Crippen LogP contribution in [-0.2, 0) is 9.47 Å². The van der Waals surface area contributed by atoms with Gasteiger partial charge in [0.25, 0.3) is 0 Å². The van der Waals surface area contributed by atoms with Crippen molar-refractivity contribution in [2.45, 2.75) is 33.0 Å². The van der Waals surface area contributed by atoms with Crippen molar-refractivity contribution < 1.29 is 14.2 Å². The highest BCUT2D eigenvalue weighted by molar-refractivity contribution is 5.95. The van der Waals surface area contributed by atoms with Gasteiger partial charge in [-0.2, -0.15) is 0 Å². The minimum Gasteiger partial charge on any atom is -0.494 e. The van der Waals surface area contributed by atoms with Crippen molar-refractivity contribution in [2.75, 3.05) is 32.2 Å². The maximum Gasteiger partial charge on any atom is 0.166 e. The third kappa shape index (κ3) is 3.62. The molecule has 130 valence electrons. The summed E-state index contributed by atoms with van der Waals surface area (Å²) in [6, 6.07) is 8.09. The molecule has 1 aromatic heterocycles. The van der Waals surface area contributed by atoms with Gasteiger partial charge in [0.15, 0.2) is 5.79 Å². The fourth-order valence-corrected chi connectivity index (χ4v) is 3.33. The van der Waals surface area contributed by atoms with Gasteiger partial charge in [-0.1, -0.05) is 19.1 Å². The van der Waals surface area contributed by atoms with E-state index in [1.165, 1.54) is 0 Å². The van der Waals surface area contributed by atoms with Gasteiger partial charge in [0.1, 0.15) is 11.3 Å². The lowest BCUT2D eigenvalue weighted by Crippen LogP contribution is -2.30. The molecule has 5 nitrogen and oxygen atoms in total. The van der Waals surface area contributed by atoms with Gasteiger partial charge in [-0.25, -0.2) is 4.98 Å². The van der Waals surface area contributed by atoms with Gasteiger partial charge in [0.2, 0.25) is 0 Å². The summed E-state index contributed by atoms with van der Waals surface area (Å²) < 4.78 is 16.9. The van der Waals surface area contributed by atoms with E-state index in [0.717, 1.165) is 41.0 Å². The number of ether oxygens (including phenoxy) is 3. The SMILES string of the molecule is COc1cccc2c(NCC(C)CC3(C)OCCO3)cc(C)nc12. The topological polar surface area (TPSA) is 52.6 Å². The van der Waals surface area contributed by atoms with Crippen molar-refractivity contribution in [1.29, 1.82) is 0 Å². The van der Waals surface area contributed by atoms with Crippen LogP contribution in [0.2, 0.25) is 0 Å². The molecule has 1 atom stereocenters. The number of hydrogen-bond acceptors (Lipinski definition) is 5.